The second-order valence-electron chi connectivity index (χ2n) is 8.42. The van der Waals surface area contributed by atoms with Gasteiger partial charge in [0, 0.05) is 35.0 Å². The smallest absolute Gasteiger partial charge is 0.245 e. The Bertz CT molecular complexity index is 1150. The lowest BCUT2D eigenvalue weighted by atomic mass is 9.90. The Morgan fingerprint density at radius 3 is 2.70 bits per heavy atom. The number of hydrogen-bond donors (Lipinski definition) is 1. The molecule has 1 aliphatic rings. The van der Waals surface area contributed by atoms with Crippen LogP contribution in [0, 0.1) is 17.6 Å². The molecule has 172 valence electrons. The maximum Gasteiger partial charge on any atom is 0.245 e. The molecule has 1 atom stereocenters. The van der Waals surface area contributed by atoms with Crippen molar-refractivity contribution in [3.8, 4) is 11.1 Å². The second kappa shape index (κ2) is 10.4. The summed E-state index contributed by atoms with van der Waals surface area (Å²) in [6.45, 7) is 5.77. The third-order valence-electron chi connectivity index (χ3n) is 5.98. The standard InChI is InChI=1S/C25H26ClF2N5/c1-16(10-17(2)31-25-29-15-30-32-25)18-6-5-9-33(13-18)14-21-23(27)11-19(12-24(21)28)20-7-3-4-8-22(20)26/h3-4,7-8,10-12,15,18H,5-6,9,13-14H2,1-2H3,(H,29,30,32)/b16-10+,31-17?. The monoisotopic (exact) mass is 469 g/mol. The Morgan fingerprint density at radius 1 is 1.24 bits per heavy atom. The normalized spacial score (nSPS) is 18.0. The lowest BCUT2D eigenvalue weighted by Gasteiger charge is -2.33. The molecule has 5 nitrogen and oxygen atoms in total. The van der Waals surface area contributed by atoms with Crippen LogP contribution in [0.3, 0.4) is 0 Å². The van der Waals surface area contributed by atoms with Crippen molar-refractivity contribution in [2.24, 2.45) is 10.9 Å². The van der Waals surface area contributed by atoms with Crippen molar-refractivity contribution in [3.05, 3.63) is 76.6 Å². The minimum Gasteiger partial charge on any atom is -0.298 e. The van der Waals surface area contributed by atoms with Crippen molar-refractivity contribution in [2.45, 2.75) is 33.2 Å². The van der Waals surface area contributed by atoms with E-state index in [4.69, 9.17) is 11.6 Å². The third kappa shape index (κ3) is 5.72. The van der Waals surface area contributed by atoms with Gasteiger partial charge in [0.25, 0.3) is 0 Å². The molecule has 8 heteroatoms. The van der Waals surface area contributed by atoms with Crippen molar-refractivity contribution in [1.82, 2.24) is 20.1 Å². The first-order valence-electron chi connectivity index (χ1n) is 10.9. The first-order valence-corrected chi connectivity index (χ1v) is 11.3. The summed E-state index contributed by atoms with van der Waals surface area (Å²) < 4.78 is 29.9. The fourth-order valence-electron chi connectivity index (χ4n) is 4.30. The van der Waals surface area contributed by atoms with Gasteiger partial charge in [-0.05, 0) is 69.0 Å². The predicted molar refractivity (Wildman–Crippen MR) is 128 cm³/mol. The number of hydrogen-bond acceptors (Lipinski definition) is 4. The Labute approximate surface area is 197 Å². The molecule has 0 aliphatic carbocycles. The zero-order valence-electron chi connectivity index (χ0n) is 18.7. The SMILES string of the molecule is CC(/C=C(\C)C1CCCN(Cc2c(F)cc(-c3ccccc3Cl)cc2F)C1)=Nc1ncn[nH]1. The number of nitrogens with one attached hydrogen (secondary N) is 1. The van der Waals surface area contributed by atoms with Gasteiger partial charge in [0.05, 0.1) is 0 Å². The summed E-state index contributed by atoms with van der Waals surface area (Å²) in [6, 6.07) is 9.80. The summed E-state index contributed by atoms with van der Waals surface area (Å²) in [4.78, 5) is 10.5. The van der Waals surface area contributed by atoms with Crippen LogP contribution in [0.5, 0.6) is 0 Å². The van der Waals surface area contributed by atoms with E-state index in [1.54, 1.807) is 24.3 Å². The molecular formula is C25H26ClF2N5. The quantitative estimate of drug-likeness (QED) is 0.428. The summed E-state index contributed by atoms with van der Waals surface area (Å²) in [5.74, 6) is -0.330. The van der Waals surface area contributed by atoms with Gasteiger partial charge in [0.2, 0.25) is 5.95 Å². The number of aliphatic imine (C=N–C) groups is 1. The topological polar surface area (TPSA) is 57.2 Å². The van der Waals surface area contributed by atoms with E-state index in [0.717, 1.165) is 31.6 Å². The van der Waals surface area contributed by atoms with E-state index in [-0.39, 0.29) is 12.1 Å². The fourth-order valence-corrected chi connectivity index (χ4v) is 4.54. The van der Waals surface area contributed by atoms with Crippen LogP contribution in [0.1, 0.15) is 32.3 Å². The van der Waals surface area contributed by atoms with Gasteiger partial charge < -0.3 is 0 Å². The molecule has 33 heavy (non-hydrogen) atoms. The number of nitrogens with zero attached hydrogens (tertiary/aromatic N) is 4. The first-order chi connectivity index (χ1) is 15.9. The average molecular weight is 470 g/mol. The van der Waals surface area contributed by atoms with Crippen LogP contribution in [0.15, 0.2) is 59.4 Å². The number of aromatic amines is 1. The number of rotatable bonds is 6. The molecule has 1 unspecified atom stereocenters. The summed E-state index contributed by atoms with van der Waals surface area (Å²) in [6.07, 6.45) is 5.46. The number of benzene rings is 2. The van der Waals surface area contributed by atoms with E-state index < -0.39 is 11.6 Å². The van der Waals surface area contributed by atoms with Crippen molar-refractivity contribution in [2.75, 3.05) is 13.1 Å². The number of halogens is 3. The highest BCUT2D eigenvalue weighted by atomic mass is 35.5. The fraction of sp³-hybridized carbons (Fsp3) is 0.320. The molecule has 0 saturated carbocycles. The molecule has 0 bridgehead atoms. The Hall–Kier alpha value is -2.90. The maximum atomic E-state index is 14.9. The van der Waals surface area contributed by atoms with Crippen LogP contribution in [-0.4, -0.2) is 38.9 Å². The van der Waals surface area contributed by atoms with Crippen molar-refractivity contribution in [1.29, 1.82) is 0 Å². The van der Waals surface area contributed by atoms with Crippen LogP contribution in [-0.2, 0) is 6.54 Å². The summed E-state index contributed by atoms with van der Waals surface area (Å²) in [5, 5.41) is 6.98. The van der Waals surface area contributed by atoms with Crippen LogP contribution < -0.4 is 0 Å². The predicted octanol–water partition coefficient (Wildman–Crippen LogP) is 6.35. The number of piperidine rings is 1. The van der Waals surface area contributed by atoms with Crippen molar-refractivity contribution in [3.63, 3.8) is 0 Å². The highest BCUT2D eigenvalue weighted by Gasteiger charge is 2.24. The summed E-state index contributed by atoms with van der Waals surface area (Å²) in [7, 11) is 0. The van der Waals surface area contributed by atoms with E-state index in [2.05, 4.69) is 32.0 Å². The van der Waals surface area contributed by atoms with Crippen molar-refractivity contribution >= 4 is 23.3 Å². The van der Waals surface area contributed by atoms with E-state index in [9.17, 15) is 8.78 Å². The Balaban J connectivity index is 1.47. The van der Waals surface area contributed by atoms with Gasteiger partial charge in [-0.15, -0.1) is 0 Å². The third-order valence-corrected chi connectivity index (χ3v) is 6.31. The molecule has 1 saturated heterocycles. The summed E-state index contributed by atoms with van der Waals surface area (Å²) >= 11 is 6.20. The van der Waals surface area contributed by atoms with Crippen molar-refractivity contribution < 1.29 is 8.78 Å². The lowest BCUT2D eigenvalue weighted by molar-refractivity contribution is 0.180. The summed E-state index contributed by atoms with van der Waals surface area (Å²) in [5.41, 5.74) is 3.17. The zero-order chi connectivity index (χ0) is 23.4. The minimum atomic E-state index is -0.547. The Kier molecular flexibility index (Phi) is 7.30. The van der Waals surface area contributed by atoms with Gasteiger partial charge in [0.1, 0.15) is 18.0 Å². The molecule has 0 radical (unpaired) electrons. The number of H-pyrrole nitrogens is 1. The van der Waals surface area contributed by atoms with Gasteiger partial charge in [-0.25, -0.2) is 18.9 Å². The van der Waals surface area contributed by atoms with Gasteiger partial charge in [0.15, 0.2) is 0 Å². The molecule has 4 rings (SSSR count). The van der Waals surface area contributed by atoms with E-state index in [0.29, 0.717) is 28.0 Å². The van der Waals surface area contributed by atoms with E-state index >= 15 is 0 Å². The highest BCUT2D eigenvalue weighted by Crippen LogP contribution is 2.31. The highest BCUT2D eigenvalue weighted by molar-refractivity contribution is 6.33. The van der Waals surface area contributed by atoms with Gasteiger partial charge >= 0.3 is 0 Å². The van der Waals surface area contributed by atoms with Crippen LogP contribution in [0.25, 0.3) is 11.1 Å². The molecule has 2 heterocycles. The number of likely N-dealkylation sites (tertiary alicyclic amines) is 1. The first kappa shape index (κ1) is 23.3. The molecular weight excluding hydrogens is 444 g/mol. The molecule has 1 aliphatic heterocycles. The lowest BCUT2D eigenvalue weighted by Crippen LogP contribution is -2.36. The zero-order valence-corrected chi connectivity index (χ0v) is 19.4. The molecule has 1 aromatic heterocycles. The molecule has 3 aromatic rings. The van der Waals surface area contributed by atoms with Crippen LogP contribution in [0.4, 0.5) is 14.7 Å². The molecule has 0 spiro atoms. The van der Waals surface area contributed by atoms with Crippen LogP contribution in [0.2, 0.25) is 5.02 Å². The Morgan fingerprint density at radius 2 is 2.00 bits per heavy atom. The molecule has 0 amide bonds. The van der Waals surface area contributed by atoms with Gasteiger partial charge in [-0.2, -0.15) is 10.1 Å². The maximum absolute atomic E-state index is 14.9. The number of aromatic nitrogens is 3. The molecule has 1 N–H and O–H groups in total. The van der Waals surface area contributed by atoms with E-state index in [1.165, 1.54) is 24.0 Å². The van der Waals surface area contributed by atoms with Gasteiger partial charge in [-0.3, -0.25) is 4.90 Å². The molecule has 1 fully saturated rings. The van der Waals surface area contributed by atoms with E-state index in [1.807, 2.05) is 13.0 Å². The molecule has 2 aromatic carbocycles. The minimum absolute atomic E-state index is 0.0937. The second-order valence-corrected chi connectivity index (χ2v) is 8.83. The van der Waals surface area contributed by atoms with Gasteiger partial charge in [-0.1, -0.05) is 35.4 Å². The largest absolute Gasteiger partial charge is 0.298 e. The number of allylic oxidation sites excluding steroid dienone is 1. The average Bonchev–Trinajstić information content (AvgIpc) is 3.29. The van der Waals surface area contributed by atoms with Crippen LogP contribution >= 0.6 is 11.6 Å².